The topological polar surface area (TPSA) is 29.4 Å². The van der Waals surface area contributed by atoms with Crippen LogP contribution in [0.5, 0.6) is 0 Å². The van der Waals surface area contributed by atoms with E-state index >= 15 is 0 Å². The van der Waals surface area contributed by atoms with E-state index in [0.717, 1.165) is 22.6 Å². The summed E-state index contributed by atoms with van der Waals surface area (Å²) in [5.74, 6) is 1.84. The Labute approximate surface area is 99.2 Å². The minimum atomic E-state index is 0.620. The highest BCUT2D eigenvalue weighted by Gasteiger charge is 2.08. The van der Waals surface area contributed by atoms with Crippen LogP contribution in [0.1, 0.15) is 16.7 Å². The highest BCUT2D eigenvalue weighted by atomic mass is 32.2. The Morgan fingerprint density at radius 2 is 1.87 bits per heavy atom. The van der Waals surface area contributed by atoms with E-state index in [4.69, 9.17) is 0 Å². The van der Waals surface area contributed by atoms with Gasteiger partial charge in [0, 0.05) is 11.5 Å². The van der Waals surface area contributed by atoms with E-state index < -0.39 is 0 Å². The van der Waals surface area contributed by atoms with Gasteiger partial charge in [-0.05, 0) is 41.3 Å². The second-order valence-electron chi connectivity index (χ2n) is 3.38. The molecule has 1 rings (SSSR count). The molecule has 4 heteroatoms. The number of aryl methyl sites for hydroxylation is 1. The number of benzene rings is 1. The molecule has 0 aliphatic carbocycles. The Kier molecular flexibility index (Phi) is 5.19. The molecule has 0 amide bonds. The van der Waals surface area contributed by atoms with E-state index in [9.17, 15) is 4.91 Å². The second-order valence-corrected chi connectivity index (χ2v) is 5.11. The predicted octanol–water partition coefficient (Wildman–Crippen LogP) is 4.12. The summed E-state index contributed by atoms with van der Waals surface area (Å²) in [6, 6.07) is 4.15. The molecule has 1 aromatic carbocycles. The largest absolute Gasteiger partial charge is 0.161 e. The SMILES string of the molecule is CSCc1cc(C)c(N=O)c(CSC)c1. The van der Waals surface area contributed by atoms with Crippen LogP contribution in [0, 0.1) is 11.8 Å². The van der Waals surface area contributed by atoms with E-state index in [-0.39, 0.29) is 0 Å². The summed E-state index contributed by atoms with van der Waals surface area (Å²) in [7, 11) is 0. The van der Waals surface area contributed by atoms with Crippen molar-refractivity contribution in [1.29, 1.82) is 0 Å². The predicted molar refractivity (Wildman–Crippen MR) is 71.1 cm³/mol. The van der Waals surface area contributed by atoms with Gasteiger partial charge in [0.15, 0.2) is 0 Å². The van der Waals surface area contributed by atoms with Gasteiger partial charge in [0.2, 0.25) is 0 Å². The highest BCUT2D eigenvalue weighted by Crippen LogP contribution is 2.29. The lowest BCUT2D eigenvalue weighted by Crippen LogP contribution is -1.90. The fraction of sp³-hybridized carbons (Fsp3) is 0.455. The first-order chi connectivity index (χ1) is 7.22. The Morgan fingerprint density at radius 1 is 1.20 bits per heavy atom. The van der Waals surface area contributed by atoms with Gasteiger partial charge < -0.3 is 0 Å². The summed E-state index contributed by atoms with van der Waals surface area (Å²) in [4.78, 5) is 10.7. The summed E-state index contributed by atoms with van der Waals surface area (Å²) < 4.78 is 0. The summed E-state index contributed by atoms with van der Waals surface area (Å²) in [6.07, 6.45) is 4.11. The third-order valence-corrected chi connectivity index (χ3v) is 3.36. The Morgan fingerprint density at radius 3 is 2.40 bits per heavy atom. The van der Waals surface area contributed by atoms with E-state index in [2.05, 4.69) is 23.6 Å². The standard InChI is InChI=1S/C11H15NOS2/c1-8-4-9(6-14-2)5-10(7-15-3)11(8)12-13/h4-5H,6-7H2,1-3H3. The average molecular weight is 241 g/mol. The maximum absolute atomic E-state index is 10.7. The molecule has 2 nitrogen and oxygen atoms in total. The van der Waals surface area contributed by atoms with Crippen molar-refractivity contribution in [2.24, 2.45) is 5.18 Å². The summed E-state index contributed by atoms with van der Waals surface area (Å²) in [6.45, 7) is 1.95. The number of nitroso groups, excluding NO2 is 1. The van der Waals surface area contributed by atoms with Crippen LogP contribution in [0.3, 0.4) is 0 Å². The van der Waals surface area contributed by atoms with Crippen LogP contribution in [-0.4, -0.2) is 12.5 Å². The zero-order valence-corrected chi connectivity index (χ0v) is 10.9. The lowest BCUT2D eigenvalue weighted by Gasteiger charge is -2.08. The quantitative estimate of drug-likeness (QED) is 0.726. The van der Waals surface area contributed by atoms with Crippen molar-refractivity contribution < 1.29 is 0 Å². The lowest BCUT2D eigenvalue weighted by atomic mass is 10.1. The van der Waals surface area contributed by atoms with Crippen LogP contribution in [0.25, 0.3) is 0 Å². The van der Waals surface area contributed by atoms with Crippen molar-refractivity contribution in [1.82, 2.24) is 0 Å². The number of rotatable bonds is 5. The summed E-state index contributed by atoms with van der Waals surface area (Å²) >= 11 is 3.50. The van der Waals surface area contributed by atoms with Gasteiger partial charge in [0.05, 0.1) is 0 Å². The van der Waals surface area contributed by atoms with Gasteiger partial charge in [-0.3, -0.25) is 0 Å². The highest BCUT2D eigenvalue weighted by molar-refractivity contribution is 7.98. The van der Waals surface area contributed by atoms with Crippen LogP contribution < -0.4 is 0 Å². The van der Waals surface area contributed by atoms with Crippen LogP contribution in [-0.2, 0) is 11.5 Å². The normalized spacial score (nSPS) is 10.3. The van der Waals surface area contributed by atoms with Crippen molar-refractivity contribution in [3.63, 3.8) is 0 Å². The van der Waals surface area contributed by atoms with Crippen LogP contribution in [0.4, 0.5) is 5.69 Å². The van der Waals surface area contributed by atoms with E-state index in [0.29, 0.717) is 5.69 Å². The van der Waals surface area contributed by atoms with Crippen LogP contribution in [0.15, 0.2) is 17.3 Å². The maximum atomic E-state index is 10.7. The third-order valence-electron chi connectivity index (χ3n) is 2.14. The molecule has 15 heavy (non-hydrogen) atoms. The monoisotopic (exact) mass is 241 g/mol. The molecule has 0 fully saturated rings. The molecule has 82 valence electrons. The number of nitrogens with zero attached hydrogens (tertiary/aromatic N) is 1. The molecule has 0 N–H and O–H groups in total. The Balaban J connectivity index is 3.12. The average Bonchev–Trinajstić information content (AvgIpc) is 2.18. The molecule has 0 radical (unpaired) electrons. The molecule has 0 aromatic heterocycles. The first kappa shape index (κ1) is 12.6. The Hall–Kier alpha value is -0.480. The van der Waals surface area contributed by atoms with E-state index in [1.54, 1.807) is 23.5 Å². The molecule has 0 bridgehead atoms. The third kappa shape index (κ3) is 3.24. The zero-order chi connectivity index (χ0) is 11.3. The molecule has 0 saturated heterocycles. The number of thioether (sulfide) groups is 2. The fourth-order valence-electron chi connectivity index (χ4n) is 1.58. The smallest absolute Gasteiger partial charge is 0.114 e. The van der Waals surface area contributed by atoms with Crippen molar-refractivity contribution in [2.75, 3.05) is 12.5 Å². The molecule has 0 heterocycles. The molecule has 0 saturated carbocycles. The molecule has 1 aromatic rings. The van der Waals surface area contributed by atoms with E-state index in [1.165, 1.54) is 5.56 Å². The first-order valence-corrected chi connectivity index (χ1v) is 7.45. The minimum absolute atomic E-state index is 0.620. The van der Waals surface area contributed by atoms with Gasteiger partial charge in [0.25, 0.3) is 0 Å². The fourth-order valence-corrected chi connectivity index (χ4v) is 2.61. The van der Waals surface area contributed by atoms with Crippen molar-refractivity contribution >= 4 is 29.2 Å². The van der Waals surface area contributed by atoms with Gasteiger partial charge in [-0.2, -0.15) is 23.5 Å². The van der Waals surface area contributed by atoms with Gasteiger partial charge in [-0.15, -0.1) is 4.91 Å². The molecule has 0 aliphatic rings. The molecule has 0 spiro atoms. The molecule has 0 atom stereocenters. The number of hydrogen-bond donors (Lipinski definition) is 0. The van der Waals surface area contributed by atoms with Crippen molar-refractivity contribution in [3.8, 4) is 0 Å². The maximum Gasteiger partial charge on any atom is 0.114 e. The lowest BCUT2D eigenvalue weighted by molar-refractivity contribution is 1.25. The molecular weight excluding hydrogens is 226 g/mol. The van der Waals surface area contributed by atoms with E-state index in [1.807, 2.05) is 13.2 Å². The second kappa shape index (κ2) is 6.18. The van der Waals surface area contributed by atoms with Gasteiger partial charge >= 0.3 is 0 Å². The van der Waals surface area contributed by atoms with Crippen molar-refractivity contribution in [2.45, 2.75) is 18.4 Å². The van der Waals surface area contributed by atoms with Gasteiger partial charge in [-0.1, -0.05) is 12.1 Å². The minimum Gasteiger partial charge on any atom is -0.161 e. The van der Waals surface area contributed by atoms with Crippen LogP contribution >= 0.6 is 23.5 Å². The summed E-state index contributed by atoms with van der Waals surface area (Å²) in [5.41, 5.74) is 3.94. The molecule has 0 unspecified atom stereocenters. The number of hydrogen-bond acceptors (Lipinski definition) is 4. The first-order valence-electron chi connectivity index (χ1n) is 4.66. The van der Waals surface area contributed by atoms with Crippen LogP contribution in [0.2, 0.25) is 0 Å². The van der Waals surface area contributed by atoms with Crippen molar-refractivity contribution in [3.05, 3.63) is 33.7 Å². The van der Waals surface area contributed by atoms with Gasteiger partial charge in [0.1, 0.15) is 5.69 Å². The molecular formula is C11H15NOS2. The van der Waals surface area contributed by atoms with Gasteiger partial charge in [-0.25, -0.2) is 0 Å². The molecule has 0 aliphatic heterocycles. The zero-order valence-electron chi connectivity index (χ0n) is 9.24. The summed E-state index contributed by atoms with van der Waals surface area (Å²) in [5, 5.41) is 3.12. The Bertz CT molecular complexity index is 353.